The minimum atomic E-state index is -0.583. The summed E-state index contributed by atoms with van der Waals surface area (Å²) >= 11 is 3.40. The maximum absolute atomic E-state index is 11.9. The number of hydrogen-bond acceptors (Lipinski definition) is 4. The number of methoxy groups -OCH3 is 1. The monoisotopic (exact) mass is 374 g/mol. The smallest absolute Gasteiger partial charge is 0.244 e. The van der Waals surface area contributed by atoms with Crippen LogP contribution in [0.2, 0.25) is 0 Å². The van der Waals surface area contributed by atoms with Gasteiger partial charge >= 0.3 is 0 Å². The Kier molecular flexibility index (Phi) is 4.34. The Morgan fingerprint density at radius 1 is 1.22 bits per heavy atom. The summed E-state index contributed by atoms with van der Waals surface area (Å²) in [5.41, 5.74) is 1.55. The van der Waals surface area contributed by atoms with Crippen LogP contribution in [-0.4, -0.2) is 23.9 Å². The van der Waals surface area contributed by atoms with Gasteiger partial charge in [-0.15, -0.1) is 5.10 Å². The Bertz CT molecular complexity index is 759. The lowest BCUT2D eigenvalue weighted by molar-refractivity contribution is -0.135. The SMILES string of the molecule is COc1ccccc1C1=NN(C(C)=O)[C@H](c2ccc(Br)cc2)O1. The third-order valence-electron chi connectivity index (χ3n) is 3.46. The highest BCUT2D eigenvalue weighted by Gasteiger charge is 2.33. The number of benzene rings is 2. The molecule has 1 amide bonds. The molecule has 0 N–H and O–H groups in total. The largest absolute Gasteiger partial charge is 0.496 e. The van der Waals surface area contributed by atoms with Crippen LogP contribution in [0.3, 0.4) is 0 Å². The van der Waals surface area contributed by atoms with Crippen molar-refractivity contribution in [3.05, 3.63) is 64.1 Å². The maximum atomic E-state index is 11.9. The first-order valence-corrected chi connectivity index (χ1v) is 7.83. The van der Waals surface area contributed by atoms with E-state index >= 15 is 0 Å². The van der Waals surface area contributed by atoms with Crippen LogP contribution in [0.5, 0.6) is 5.75 Å². The predicted octanol–water partition coefficient (Wildman–Crippen LogP) is 3.70. The van der Waals surface area contributed by atoms with Crippen molar-refractivity contribution < 1.29 is 14.3 Å². The molecule has 0 unspecified atom stereocenters. The summed E-state index contributed by atoms with van der Waals surface area (Å²) in [6.07, 6.45) is -0.583. The fraction of sp³-hybridized carbons (Fsp3) is 0.176. The van der Waals surface area contributed by atoms with E-state index in [4.69, 9.17) is 9.47 Å². The van der Waals surface area contributed by atoms with Crippen molar-refractivity contribution >= 4 is 27.7 Å². The van der Waals surface area contributed by atoms with E-state index < -0.39 is 6.23 Å². The van der Waals surface area contributed by atoms with Gasteiger partial charge in [-0.2, -0.15) is 5.01 Å². The molecule has 5 nitrogen and oxygen atoms in total. The van der Waals surface area contributed by atoms with Crippen molar-refractivity contribution in [1.29, 1.82) is 0 Å². The number of amides is 1. The molecule has 2 aromatic carbocycles. The van der Waals surface area contributed by atoms with Crippen LogP contribution in [-0.2, 0) is 9.53 Å². The van der Waals surface area contributed by atoms with Gasteiger partial charge in [0, 0.05) is 17.0 Å². The molecule has 0 aromatic heterocycles. The van der Waals surface area contributed by atoms with Gasteiger partial charge in [-0.3, -0.25) is 4.79 Å². The average Bonchev–Trinajstić information content (AvgIpc) is 3.01. The fourth-order valence-electron chi connectivity index (χ4n) is 2.34. The Balaban J connectivity index is 1.97. The summed E-state index contributed by atoms with van der Waals surface area (Å²) in [4.78, 5) is 11.9. The molecule has 1 aliphatic rings. The number of ether oxygens (including phenoxy) is 2. The zero-order valence-electron chi connectivity index (χ0n) is 12.7. The van der Waals surface area contributed by atoms with Gasteiger partial charge in [-0.1, -0.05) is 40.2 Å². The predicted molar refractivity (Wildman–Crippen MR) is 90.0 cm³/mol. The highest BCUT2D eigenvalue weighted by atomic mass is 79.9. The number of carbonyl (C=O) groups excluding carboxylic acids is 1. The maximum Gasteiger partial charge on any atom is 0.244 e. The first kappa shape index (κ1) is 15.6. The molecular weight excluding hydrogens is 360 g/mol. The van der Waals surface area contributed by atoms with Gasteiger partial charge in [-0.25, -0.2) is 0 Å². The summed E-state index contributed by atoms with van der Waals surface area (Å²) in [7, 11) is 1.59. The molecule has 2 aromatic rings. The third kappa shape index (κ3) is 3.07. The second kappa shape index (κ2) is 6.42. The lowest BCUT2D eigenvalue weighted by Crippen LogP contribution is -2.25. The molecule has 1 aliphatic heterocycles. The number of hydrazone groups is 1. The third-order valence-corrected chi connectivity index (χ3v) is 3.99. The number of para-hydroxylation sites is 1. The zero-order chi connectivity index (χ0) is 16.4. The first-order chi connectivity index (χ1) is 11.1. The summed E-state index contributed by atoms with van der Waals surface area (Å²) in [6, 6.07) is 15.0. The minimum Gasteiger partial charge on any atom is -0.496 e. The van der Waals surface area contributed by atoms with Gasteiger partial charge in [0.1, 0.15) is 5.75 Å². The molecule has 0 fully saturated rings. The summed E-state index contributed by atoms with van der Waals surface area (Å²) in [5, 5.41) is 5.67. The van der Waals surface area contributed by atoms with Gasteiger partial charge in [0.2, 0.25) is 18.0 Å². The van der Waals surface area contributed by atoms with Crippen LogP contribution in [0, 0.1) is 0 Å². The van der Waals surface area contributed by atoms with E-state index in [1.165, 1.54) is 11.9 Å². The standard InChI is InChI=1S/C17H15BrN2O3/c1-11(21)20-17(12-7-9-13(18)10-8-12)23-16(19-20)14-5-3-4-6-15(14)22-2/h3-10,17H,1-2H3/t17-/m0/s1. The van der Waals surface area contributed by atoms with Crippen molar-refractivity contribution in [2.24, 2.45) is 5.10 Å². The van der Waals surface area contributed by atoms with Gasteiger partial charge in [0.05, 0.1) is 12.7 Å². The van der Waals surface area contributed by atoms with E-state index in [1.54, 1.807) is 7.11 Å². The van der Waals surface area contributed by atoms with Crippen molar-refractivity contribution in [3.63, 3.8) is 0 Å². The lowest BCUT2D eigenvalue weighted by atomic mass is 10.2. The van der Waals surface area contributed by atoms with Gasteiger partial charge < -0.3 is 9.47 Å². The van der Waals surface area contributed by atoms with Crippen LogP contribution < -0.4 is 4.74 Å². The summed E-state index contributed by atoms with van der Waals surface area (Å²) < 4.78 is 12.2. The fourth-order valence-corrected chi connectivity index (χ4v) is 2.60. The Morgan fingerprint density at radius 2 is 1.91 bits per heavy atom. The average molecular weight is 375 g/mol. The minimum absolute atomic E-state index is 0.192. The summed E-state index contributed by atoms with van der Waals surface area (Å²) in [6.45, 7) is 1.46. The molecular formula is C17H15BrN2O3. The highest BCUT2D eigenvalue weighted by molar-refractivity contribution is 9.10. The molecule has 1 heterocycles. The van der Waals surface area contributed by atoms with E-state index in [0.717, 1.165) is 10.0 Å². The van der Waals surface area contributed by atoms with Crippen molar-refractivity contribution in [3.8, 4) is 5.75 Å². The lowest BCUT2D eigenvalue weighted by Gasteiger charge is -2.19. The first-order valence-electron chi connectivity index (χ1n) is 7.04. The van der Waals surface area contributed by atoms with Crippen LogP contribution in [0.25, 0.3) is 0 Å². The normalized spacial score (nSPS) is 16.7. The quantitative estimate of drug-likeness (QED) is 0.822. The molecule has 0 saturated carbocycles. The van der Waals surface area contributed by atoms with Gasteiger partial charge in [0.15, 0.2) is 0 Å². The Hall–Kier alpha value is -2.34. The number of halogens is 1. The second-order valence-corrected chi connectivity index (χ2v) is 5.91. The van der Waals surface area contributed by atoms with Crippen molar-refractivity contribution in [2.45, 2.75) is 13.2 Å². The number of hydrogen-bond donors (Lipinski definition) is 0. The Labute approximate surface area is 142 Å². The molecule has 118 valence electrons. The van der Waals surface area contributed by atoms with Crippen molar-refractivity contribution in [1.82, 2.24) is 5.01 Å². The second-order valence-electron chi connectivity index (χ2n) is 4.99. The van der Waals surface area contributed by atoms with Crippen LogP contribution in [0.4, 0.5) is 0 Å². The molecule has 0 aliphatic carbocycles. The van der Waals surface area contributed by atoms with E-state index in [1.807, 2.05) is 48.5 Å². The van der Waals surface area contributed by atoms with Crippen LogP contribution in [0.15, 0.2) is 58.1 Å². The molecule has 0 radical (unpaired) electrons. The molecule has 6 heteroatoms. The number of rotatable bonds is 3. The van der Waals surface area contributed by atoms with E-state index in [2.05, 4.69) is 21.0 Å². The Morgan fingerprint density at radius 3 is 2.57 bits per heavy atom. The summed E-state index contributed by atoms with van der Waals surface area (Å²) in [5.74, 6) is 0.819. The van der Waals surface area contributed by atoms with Crippen LogP contribution in [0.1, 0.15) is 24.3 Å². The molecule has 3 rings (SSSR count). The molecule has 23 heavy (non-hydrogen) atoms. The zero-order valence-corrected chi connectivity index (χ0v) is 14.3. The molecule has 1 atom stereocenters. The van der Waals surface area contributed by atoms with E-state index in [0.29, 0.717) is 17.2 Å². The molecule has 0 bridgehead atoms. The van der Waals surface area contributed by atoms with E-state index in [9.17, 15) is 4.79 Å². The topological polar surface area (TPSA) is 51.1 Å². The molecule has 0 saturated heterocycles. The van der Waals surface area contributed by atoms with Gasteiger partial charge in [-0.05, 0) is 24.3 Å². The van der Waals surface area contributed by atoms with Crippen LogP contribution >= 0.6 is 15.9 Å². The number of carbonyl (C=O) groups is 1. The van der Waals surface area contributed by atoms with Gasteiger partial charge in [0.25, 0.3) is 0 Å². The highest BCUT2D eigenvalue weighted by Crippen LogP contribution is 2.33. The number of nitrogens with zero attached hydrogens (tertiary/aromatic N) is 2. The van der Waals surface area contributed by atoms with Crippen molar-refractivity contribution in [2.75, 3.05) is 7.11 Å². The van der Waals surface area contributed by atoms with E-state index in [-0.39, 0.29) is 5.91 Å². The molecule has 0 spiro atoms.